The molecule has 15 heavy (non-hydrogen) atoms. The number of carbonyl (C=O) groups excluding carboxylic acids is 1. The van der Waals surface area contributed by atoms with Crippen molar-refractivity contribution in [3.05, 3.63) is 35.4 Å². The molecule has 1 heterocycles. The van der Waals surface area contributed by atoms with Crippen molar-refractivity contribution in [2.24, 2.45) is 4.99 Å². The van der Waals surface area contributed by atoms with Gasteiger partial charge in [-0.05, 0) is 19.4 Å². The molecule has 1 amide bonds. The number of rotatable bonds is 2. The summed E-state index contributed by atoms with van der Waals surface area (Å²) in [7, 11) is 0. The predicted octanol–water partition coefficient (Wildman–Crippen LogP) is 1.45. The lowest BCUT2D eigenvalue weighted by atomic mass is 10.1. The zero-order chi connectivity index (χ0) is 10.8. The molecule has 3 heteroatoms. The van der Waals surface area contributed by atoms with Gasteiger partial charge >= 0.3 is 0 Å². The highest BCUT2D eigenvalue weighted by Crippen LogP contribution is 2.07. The van der Waals surface area contributed by atoms with Crippen molar-refractivity contribution < 1.29 is 4.79 Å². The summed E-state index contributed by atoms with van der Waals surface area (Å²) in [6.45, 7) is 3.86. The number of nitrogens with one attached hydrogen (secondary N) is 1. The van der Waals surface area contributed by atoms with Gasteiger partial charge in [0.25, 0.3) is 0 Å². The number of benzene rings is 1. The standard InChI is InChI=1S/C12H14N2O/c1-8-3-5-10(6-4-8)7-11-13-9(2)12(15)14-11/h3-6,9H,7H2,1-2H3,(H,13,14,15). The summed E-state index contributed by atoms with van der Waals surface area (Å²) in [6, 6.07) is 8.03. The summed E-state index contributed by atoms with van der Waals surface area (Å²) in [6.07, 6.45) is 0.705. The van der Waals surface area contributed by atoms with E-state index in [0.29, 0.717) is 6.42 Å². The van der Waals surface area contributed by atoms with Crippen molar-refractivity contribution in [2.75, 3.05) is 0 Å². The molecule has 0 saturated carbocycles. The van der Waals surface area contributed by atoms with Crippen molar-refractivity contribution in [1.29, 1.82) is 0 Å². The van der Waals surface area contributed by atoms with E-state index >= 15 is 0 Å². The Morgan fingerprint density at radius 2 is 2.00 bits per heavy atom. The molecular formula is C12H14N2O. The number of aliphatic imine (C=N–C) groups is 1. The van der Waals surface area contributed by atoms with Crippen LogP contribution in [0.2, 0.25) is 0 Å². The van der Waals surface area contributed by atoms with E-state index in [1.807, 2.05) is 0 Å². The van der Waals surface area contributed by atoms with Crippen LogP contribution >= 0.6 is 0 Å². The molecule has 0 spiro atoms. The normalized spacial score (nSPS) is 20.0. The number of hydrogen-bond acceptors (Lipinski definition) is 2. The van der Waals surface area contributed by atoms with Gasteiger partial charge in [0.2, 0.25) is 5.91 Å². The molecule has 78 valence electrons. The molecule has 0 radical (unpaired) electrons. The second-order valence-electron chi connectivity index (χ2n) is 3.90. The Kier molecular flexibility index (Phi) is 2.54. The smallest absolute Gasteiger partial charge is 0.249 e. The van der Waals surface area contributed by atoms with Crippen LogP contribution in [0.25, 0.3) is 0 Å². The molecule has 1 atom stereocenters. The Labute approximate surface area is 89.2 Å². The lowest BCUT2D eigenvalue weighted by Crippen LogP contribution is -2.28. The van der Waals surface area contributed by atoms with E-state index in [4.69, 9.17) is 0 Å². The molecule has 0 bridgehead atoms. The third-order valence-corrected chi connectivity index (χ3v) is 2.49. The van der Waals surface area contributed by atoms with Crippen LogP contribution in [0.1, 0.15) is 18.1 Å². The maximum atomic E-state index is 11.2. The summed E-state index contributed by atoms with van der Waals surface area (Å²) in [5, 5.41) is 2.78. The van der Waals surface area contributed by atoms with E-state index in [2.05, 4.69) is 41.5 Å². The van der Waals surface area contributed by atoms with Gasteiger partial charge in [0.15, 0.2) is 0 Å². The minimum atomic E-state index is -0.231. The lowest BCUT2D eigenvalue weighted by molar-refractivity contribution is -0.119. The Morgan fingerprint density at radius 3 is 2.53 bits per heavy atom. The fourth-order valence-corrected chi connectivity index (χ4v) is 1.56. The number of hydrogen-bond donors (Lipinski definition) is 1. The average molecular weight is 202 g/mol. The van der Waals surface area contributed by atoms with Crippen LogP contribution < -0.4 is 5.32 Å². The van der Waals surface area contributed by atoms with Crippen molar-refractivity contribution in [3.63, 3.8) is 0 Å². The first-order valence-corrected chi connectivity index (χ1v) is 5.08. The number of carbonyl (C=O) groups is 1. The zero-order valence-electron chi connectivity index (χ0n) is 8.95. The first-order valence-electron chi connectivity index (χ1n) is 5.08. The molecule has 3 nitrogen and oxygen atoms in total. The molecule has 0 saturated heterocycles. The lowest BCUT2D eigenvalue weighted by Gasteiger charge is -2.01. The van der Waals surface area contributed by atoms with Crippen molar-refractivity contribution in [3.8, 4) is 0 Å². The highest BCUT2D eigenvalue weighted by atomic mass is 16.2. The molecule has 2 rings (SSSR count). The Bertz CT molecular complexity index is 406. The van der Waals surface area contributed by atoms with Gasteiger partial charge in [0.05, 0.1) is 0 Å². The summed E-state index contributed by atoms with van der Waals surface area (Å²) in [5.74, 6) is 0.772. The van der Waals surface area contributed by atoms with Crippen molar-refractivity contribution in [2.45, 2.75) is 26.3 Å². The van der Waals surface area contributed by atoms with Gasteiger partial charge in [-0.25, -0.2) is 0 Å². The summed E-state index contributed by atoms with van der Waals surface area (Å²) >= 11 is 0. The molecule has 0 fully saturated rings. The minimum Gasteiger partial charge on any atom is -0.312 e. The SMILES string of the molecule is Cc1ccc(CC2=NC(C)C(=O)N2)cc1. The first kappa shape index (κ1) is 9.90. The van der Waals surface area contributed by atoms with Gasteiger partial charge in [0, 0.05) is 6.42 Å². The van der Waals surface area contributed by atoms with E-state index < -0.39 is 0 Å². The molecular weight excluding hydrogens is 188 g/mol. The highest BCUT2D eigenvalue weighted by molar-refractivity contribution is 6.06. The summed E-state index contributed by atoms with van der Waals surface area (Å²) in [5.41, 5.74) is 2.42. The fraction of sp³-hybridized carbons (Fsp3) is 0.333. The largest absolute Gasteiger partial charge is 0.312 e. The first-order chi connectivity index (χ1) is 7.15. The molecule has 1 unspecified atom stereocenters. The highest BCUT2D eigenvalue weighted by Gasteiger charge is 2.21. The molecule has 0 aromatic heterocycles. The van der Waals surface area contributed by atoms with Crippen LogP contribution in [0, 0.1) is 6.92 Å². The van der Waals surface area contributed by atoms with E-state index in [1.165, 1.54) is 11.1 Å². The van der Waals surface area contributed by atoms with Gasteiger partial charge in [-0.15, -0.1) is 0 Å². The number of aryl methyl sites for hydroxylation is 1. The second kappa shape index (κ2) is 3.85. The van der Waals surface area contributed by atoms with Crippen LogP contribution in [-0.4, -0.2) is 17.8 Å². The van der Waals surface area contributed by atoms with E-state index in [0.717, 1.165) is 5.84 Å². The van der Waals surface area contributed by atoms with E-state index in [1.54, 1.807) is 6.92 Å². The Hall–Kier alpha value is -1.64. The van der Waals surface area contributed by atoms with Crippen molar-refractivity contribution in [1.82, 2.24) is 5.32 Å². The quantitative estimate of drug-likeness (QED) is 0.775. The third-order valence-electron chi connectivity index (χ3n) is 2.49. The van der Waals surface area contributed by atoms with Gasteiger partial charge in [-0.1, -0.05) is 29.8 Å². The topological polar surface area (TPSA) is 41.5 Å². The molecule has 1 aliphatic rings. The van der Waals surface area contributed by atoms with Crippen LogP contribution in [0.15, 0.2) is 29.3 Å². The number of nitrogens with zero attached hydrogens (tertiary/aromatic N) is 1. The minimum absolute atomic E-state index is 0.00267. The van der Waals surface area contributed by atoms with Gasteiger partial charge in [-0.3, -0.25) is 9.79 Å². The van der Waals surface area contributed by atoms with Gasteiger partial charge < -0.3 is 5.32 Å². The summed E-state index contributed by atoms with van der Waals surface area (Å²) in [4.78, 5) is 15.4. The Balaban J connectivity index is 2.07. The number of amides is 1. The zero-order valence-corrected chi connectivity index (χ0v) is 8.95. The van der Waals surface area contributed by atoms with Crippen LogP contribution in [0.3, 0.4) is 0 Å². The monoisotopic (exact) mass is 202 g/mol. The maximum Gasteiger partial charge on any atom is 0.249 e. The van der Waals surface area contributed by atoms with Crippen LogP contribution in [-0.2, 0) is 11.2 Å². The van der Waals surface area contributed by atoms with Gasteiger partial charge in [-0.2, -0.15) is 0 Å². The third kappa shape index (κ3) is 2.24. The second-order valence-corrected chi connectivity index (χ2v) is 3.90. The van der Waals surface area contributed by atoms with Crippen molar-refractivity contribution >= 4 is 11.7 Å². The molecule has 1 aromatic rings. The van der Waals surface area contributed by atoms with Crippen LogP contribution in [0.5, 0.6) is 0 Å². The summed E-state index contributed by atoms with van der Waals surface area (Å²) < 4.78 is 0. The molecule has 0 aliphatic carbocycles. The average Bonchev–Trinajstić information content (AvgIpc) is 2.50. The van der Waals surface area contributed by atoms with Gasteiger partial charge in [0.1, 0.15) is 11.9 Å². The fourth-order valence-electron chi connectivity index (χ4n) is 1.56. The van der Waals surface area contributed by atoms with E-state index in [9.17, 15) is 4.79 Å². The number of amidine groups is 1. The molecule has 1 aromatic carbocycles. The van der Waals surface area contributed by atoms with E-state index in [-0.39, 0.29) is 11.9 Å². The Morgan fingerprint density at radius 1 is 1.33 bits per heavy atom. The molecule has 1 N–H and O–H groups in total. The van der Waals surface area contributed by atoms with Crippen LogP contribution in [0.4, 0.5) is 0 Å². The predicted molar refractivity (Wildman–Crippen MR) is 59.9 cm³/mol. The maximum absolute atomic E-state index is 11.2. The molecule has 1 aliphatic heterocycles.